The van der Waals surface area contributed by atoms with E-state index in [1.54, 1.807) is 7.11 Å². The fourth-order valence-electron chi connectivity index (χ4n) is 3.52. The molecule has 0 atom stereocenters. The van der Waals surface area contributed by atoms with Crippen LogP contribution in [0.25, 0.3) is 22.4 Å². The number of amides is 1. The van der Waals surface area contributed by atoms with E-state index in [0.717, 1.165) is 71.9 Å². The molecule has 8 heteroatoms. The molecule has 2 heterocycles. The Bertz CT molecular complexity index is 1030. The molecule has 1 fully saturated rings. The number of methoxy groups -OCH3 is 1. The second-order valence-electron chi connectivity index (χ2n) is 7.23. The van der Waals surface area contributed by atoms with Crippen LogP contribution in [-0.4, -0.2) is 67.3 Å². The number of H-pyrrole nitrogens is 1. The minimum atomic E-state index is -0.0708. The van der Waals surface area contributed by atoms with Crippen LogP contribution in [0, 0.1) is 0 Å². The molecule has 30 heavy (non-hydrogen) atoms. The number of morpholine rings is 1. The van der Waals surface area contributed by atoms with Gasteiger partial charge in [-0.2, -0.15) is 0 Å². The molecule has 0 radical (unpaired) electrons. The number of carbonyl (C=O) groups is 1. The van der Waals surface area contributed by atoms with Crippen molar-refractivity contribution in [2.24, 2.45) is 0 Å². The zero-order chi connectivity index (χ0) is 20.9. The molecule has 0 bridgehead atoms. The minimum absolute atomic E-state index is 0.0708. The van der Waals surface area contributed by atoms with Crippen molar-refractivity contribution in [1.29, 1.82) is 0 Å². The summed E-state index contributed by atoms with van der Waals surface area (Å²) in [5.74, 6) is 1.44. The highest BCUT2D eigenvalue weighted by Crippen LogP contribution is 2.30. The Hall–Kier alpha value is -2.42. The van der Waals surface area contributed by atoms with Crippen LogP contribution in [0.15, 0.2) is 40.9 Å². The molecular weight excluding hydrogens is 448 g/mol. The first-order valence-corrected chi connectivity index (χ1v) is 10.9. The molecule has 0 aliphatic carbocycles. The first-order valence-electron chi connectivity index (χ1n) is 10.1. The van der Waals surface area contributed by atoms with Gasteiger partial charge in [0.15, 0.2) is 0 Å². The Labute approximate surface area is 183 Å². The number of hydrogen-bond donors (Lipinski definition) is 2. The van der Waals surface area contributed by atoms with Gasteiger partial charge in [0.25, 0.3) is 5.91 Å². The molecule has 2 aromatic carbocycles. The molecule has 1 amide bonds. The number of nitrogens with zero attached hydrogens (tertiary/aromatic N) is 2. The highest BCUT2D eigenvalue weighted by Gasteiger charge is 2.14. The van der Waals surface area contributed by atoms with Gasteiger partial charge in [-0.15, -0.1) is 0 Å². The van der Waals surface area contributed by atoms with E-state index < -0.39 is 0 Å². The van der Waals surface area contributed by atoms with Gasteiger partial charge in [0.05, 0.1) is 31.4 Å². The average Bonchev–Trinajstić information content (AvgIpc) is 3.20. The molecule has 2 N–H and O–H groups in total. The van der Waals surface area contributed by atoms with Crippen LogP contribution in [0.3, 0.4) is 0 Å². The summed E-state index contributed by atoms with van der Waals surface area (Å²) in [6.07, 6.45) is 0.924. The van der Waals surface area contributed by atoms with Gasteiger partial charge >= 0.3 is 0 Å². The van der Waals surface area contributed by atoms with E-state index >= 15 is 0 Å². The Kier molecular flexibility index (Phi) is 6.66. The monoisotopic (exact) mass is 472 g/mol. The summed E-state index contributed by atoms with van der Waals surface area (Å²) in [5, 5.41) is 3.00. The normalized spacial score (nSPS) is 14.7. The van der Waals surface area contributed by atoms with Crippen molar-refractivity contribution in [3.8, 4) is 17.1 Å². The molecule has 0 spiro atoms. The van der Waals surface area contributed by atoms with Gasteiger partial charge in [0.1, 0.15) is 11.6 Å². The summed E-state index contributed by atoms with van der Waals surface area (Å²) in [5.41, 5.74) is 3.28. The fourth-order valence-corrected chi connectivity index (χ4v) is 4.09. The van der Waals surface area contributed by atoms with Gasteiger partial charge in [0.2, 0.25) is 0 Å². The number of hydrogen-bond acceptors (Lipinski definition) is 5. The molecule has 1 saturated heterocycles. The van der Waals surface area contributed by atoms with E-state index in [2.05, 4.69) is 36.1 Å². The summed E-state index contributed by atoms with van der Waals surface area (Å²) in [6, 6.07) is 11.3. The lowest BCUT2D eigenvalue weighted by Crippen LogP contribution is -2.38. The lowest BCUT2D eigenvalue weighted by molar-refractivity contribution is 0.0374. The first-order chi connectivity index (χ1) is 14.6. The smallest absolute Gasteiger partial charge is 0.251 e. The number of ether oxygens (including phenoxy) is 2. The fraction of sp³-hybridized carbons (Fsp3) is 0.364. The van der Waals surface area contributed by atoms with Gasteiger partial charge in [-0.3, -0.25) is 9.69 Å². The van der Waals surface area contributed by atoms with Crippen molar-refractivity contribution in [2.75, 3.05) is 46.5 Å². The summed E-state index contributed by atoms with van der Waals surface area (Å²) in [7, 11) is 1.64. The van der Waals surface area contributed by atoms with Crippen molar-refractivity contribution < 1.29 is 14.3 Å². The number of rotatable bonds is 7. The van der Waals surface area contributed by atoms with Crippen molar-refractivity contribution in [3.63, 3.8) is 0 Å². The molecule has 158 valence electrons. The third kappa shape index (κ3) is 4.83. The third-order valence-electron chi connectivity index (χ3n) is 5.22. The number of nitrogens with one attached hydrogen (secondary N) is 2. The zero-order valence-corrected chi connectivity index (χ0v) is 18.5. The Morgan fingerprint density at radius 2 is 2.10 bits per heavy atom. The predicted molar refractivity (Wildman–Crippen MR) is 120 cm³/mol. The van der Waals surface area contributed by atoms with E-state index in [-0.39, 0.29) is 5.91 Å². The molecule has 7 nitrogen and oxygen atoms in total. The van der Waals surface area contributed by atoms with Crippen LogP contribution < -0.4 is 10.1 Å². The SMILES string of the molecule is COc1ccc2nc(-c3ccc(C(=O)NCCCN4CCOCC4)cc3Br)[nH]c2c1. The Morgan fingerprint density at radius 3 is 2.87 bits per heavy atom. The van der Waals surface area contributed by atoms with Gasteiger partial charge in [-0.1, -0.05) is 15.9 Å². The molecule has 1 aromatic heterocycles. The van der Waals surface area contributed by atoms with Gasteiger partial charge in [-0.25, -0.2) is 4.98 Å². The molecule has 1 aliphatic heterocycles. The average molecular weight is 473 g/mol. The van der Waals surface area contributed by atoms with Crippen LogP contribution in [0.4, 0.5) is 0 Å². The number of carbonyl (C=O) groups excluding carboxylic acids is 1. The number of imidazole rings is 1. The minimum Gasteiger partial charge on any atom is -0.497 e. The highest BCUT2D eigenvalue weighted by atomic mass is 79.9. The van der Waals surface area contributed by atoms with Crippen molar-refractivity contribution >= 4 is 32.9 Å². The third-order valence-corrected chi connectivity index (χ3v) is 5.87. The van der Waals surface area contributed by atoms with Crippen molar-refractivity contribution in [2.45, 2.75) is 6.42 Å². The topological polar surface area (TPSA) is 79.5 Å². The molecule has 0 saturated carbocycles. The maximum atomic E-state index is 12.5. The quantitative estimate of drug-likeness (QED) is 0.514. The molecule has 1 aliphatic rings. The number of benzene rings is 2. The summed E-state index contributed by atoms with van der Waals surface area (Å²) in [4.78, 5) is 22.8. The Morgan fingerprint density at radius 1 is 1.27 bits per heavy atom. The van der Waals surface area contributed by atoms with Crippen LogP contribution >= 0.6 is 15.9 Å². The van der Waals surface area contributed by atoms with Crippen LogP contribution in [0.2, 0.25) is 0 Å². The Balaban J connectivity index is 1.38. The molecule has 3 aromatic rings. The van der Waals surface area contributed by atoms with E-state index in [0.29, 0.717) is 12.1 Å². The van der Waals surface area contributed by atoms with Gasteiger partial charge < -0.3 is 19.8 Å². The molecular formula is C22H25BrN4O3. The molecule has 4 rings (SSSR count). The number of aromatic amines is 1. The largest absolute Gasteiger partial charge is 0.497 e. The van der Waals surface area contributed by atoms with Crippen molar-refractivity contribution in [3.05, 3.63) is 46.4 Å². The van der Waals surface area contributed by atoms with Crippen LogP contribution in [0.5, 0.6) is 5.75 Å². The lowest BCUT2D eigenvalue weighted by Gasteiger charge is -2.26. The first kappa shape index (κ1) is 20.8. The molecule has 0 unspecified atom stereocenters. The summed E-state index contributed by atoms with van der Waals surface area (Å²) in [6.45, 7) is 5.16. The predicted octanol–water partition coefficient (Wildman–Crippen LogP) is 3.45. The maximum absolute atomic E-state index is 12.5. The highest BCUT2D eigenvalue weighted by molar-refractivity contribution is 9.10. The summed E-state index contributed by atoms with van der Waals surface area (Å²) >= 11 is 3.59. The number of fused-ring (bicyclic) bond motifs is 1. The second-order valence-corrected chi connectivity index (χ2v) is 8.08. The number of aromatic nitrogens is 2. The zero-order valence-electron chi connectivity index (χ0n) is 16.9. The van der Waals surface area contributed by atoms with E-state index in [1.807, 2.05) is 36.4 Å². The standard InChI is InChI=1S/C22H25BrN4O3/c1-29-16-4-6-19-20(14-16)26-21(25-19)17-5-3-15(13-18(17)23)22(28)24-7-2-8-27-9-11-30-12-10-27/h3-6,13-14H,2,7-12H2,1H3,(H,24,28)(H,25,26). The number of halogens is 1. The van der Waals surface area contributed by atoms with Crippen molar-refractivity contribution in [1.82, 2.24) is 20.2 Å². The van der Waals surface area contributed by atoms with Crippen LogP contribution in [0.1, 0.15) is 16.8 Å². The van der Waals surface area contributed by atoms with Crippen LogP contribution in [-0.2, 0) is 4.74 Å². The lowest BCUT2D eigenvalue weighted by atomic mass is 10.1. The van der Waals surface area contributed by atoms with Gasteiger partial charge in [-0.05, 0) is 43.3 Å². The van der Waals surface area contributed by atoms with Gasteiger partial charge in [0, 0.05) is 41.3 Å². The van der Waals surface area contributed by atoms with E-state index in [1.165, 1.54) is 0 Å². The second kappa shape index (κ2) is 9.59. The maximum Gasteiger partial charge on any atom is 0.251 e. The summed E-state index contributed by atoms with van der Waals surface area (Å²) < 4.78 is 11.4. The van der Waals surface area contributed by atoms with E-state index in [4.69, 9.17) is 9.47 Å². The van der Waals surface area contributed by atoms with E-state index in [9.17, 15) is 4.79 Å².